The van der Waals surface area contributed by atoms with Gasteiger partial charge in [0.1, 0.15) is 11.6 Å². The maximum atomic E-state index is 10.6. The minimum Gasteiger partial charge on any atom is -0.477 e. The van der Waals surface area contributed by atoms with Crippen LogP contribution in [-0.2, 0) is 4.79 Å². The third-order valence-corrected chi connectivity index (χ3v) is 4.01. The van der Waals surface area contributed by atoms with Gasteiger partial charge in [0.2, 0.25) is 0 Å². The highest BCUT2D eigenvalue weighted by atomic mass is 32.2. The standard InChI is InChI=1S/C14H13NO2S2/c1-18-12-7-6-10(8-13(12)19-2)4-3-5-11(9-15)14(16)17/h3-8H,1-2H3,(H,16,17)/b4-3+,11-5+. The number of rotatable bonds is 5. The number of benzene rings is 1. The molecule has 0 aliphatic carbocycles. The number of hydrogen-bond donors (Lipinski definition) is 1. The van der Waals surface area contributed by atoms with Crippen molar-refractivity contribution < 1.29 is 9.90 Å². The summed E-state index contributed by atoms with van der Waals surface area (Å²) in [4.78, 5) is 13.0. The third-order valence-electron chi connectivity index (χ3n) is 2.31. The molecule has 0 aliphatic rings. The van der Waals surface area contributed by atoms with E-state index in [9.17, 15) is 4.79 Å². The number of aliphatic carboxylic acids is 1. The number of thioether (sulfide) groups is 2. The first-order chi connectivity index (χ1) is 9.12. The molecule has 0 atom stereocenters. The predicted molar refractivity (Wildman–Crippen MR) is 80.4 cm³/mol. The van der Waals surface area contributed by atoms with Crippen LogP contribution in [0.25, 0.3) is 6.08 Å². The van der Waals surface area contributed by atoms with Crippen molar-refractivity contribution in [3.63, 3.8) is 0 Å². The fraction of sp³-hybridized carbons (Fsp3) is 0.143. The van der Waals surface area contributed by atoms with Crippen molar-refractivity contribution in [3.8, 4) is 6.07 Å². The highest BCUT2D eigenvalue weighted by Gasteiger charge is 2.03. The topological polar surface area (TPSA) is 61.1 Å². The van der Waals surface area contributed by atoms with Crippen molar-refractivity contribution in [2.24, 2.45) is 0 Å². The van der Waals surface area contributed by atoms with E-state index in [1.807, 2.05) is 30.7 Å². The normalized spacial score (nSPS) is 11.5. The number of nitriles is 1. The van der Waals surface area contributed by atoms with Crippen LogP contribution in [0, 0.1) is 11.3 Å². The van der Waals surface area contributed by atoms with Crippen molar-refractivity contribution in [1.82, 2.24) is 0 Å². The van der Waals surface area contributed by atoms with Crippen LogP contribution in [0.5, 0.6) is 0 Å². The summed E-state index contributed by atoms with van der Waals surface area (Å²) < 4.78 is 0. The van der Waals surface area contributed by atoms with Gasteiger partial charge < -0.3 is 5.11 Å². The van der Waals surface area contributed by atoms with Crippen LogP contribution in [0.3, 0.4) is 0 Å². The Labute approximate surface area is 121 Å². The van der Waals surface area contributed by atoms with Gasteiger partial charge in [-0.05, 0) is 36.3 Å². The minimum atomic E-state index is -1.21. The summed E-state index contributed by atoms with van der Waals surface area (Å²) in [5.74, 6) is -1.21. The van der Waals surface area contributed by atoms with Gasteiger partial charge in [-0.3, -0.25) is 0 Å². The zero-order valence-electron chi connectivity index (χ0n) is 10.6. The molecule has 0 aromatic heterocycles. The molecule has 0 bridgehead atoms. The molecule has 0 fully saturated rings. The molecule has 3 nitrogen and oxygen atoms in total. The van der Waals surface area contributed by atoms with Gasteiger partial charge in [0.15, 0.2) is 0 Å². The third kappa shape index (κ3) is 4.51. The van der Waals surface area contributed by atoms with E-state index in [4.69, 9.17) is 10.4 Å². The van der Waals surface area contributed by atoms with E-state index in [0.717, 1.165) is 5.56 Å². The average molecular weight is 291 g/mol. The van der Waals surface area contributed by atoms with Crippen molar-refractivity contribution >= 4 is 35.6 Å². The molecule has 0 aliphatic heterocycles. The average Bonchev–Trinajstić information content (AvgIpc) is 2.42. The molecule has 0 saturated carbocycles. The first kappa shape index (κ1) is 15.4. The fourth-order valence-corrected chi connectivity index (χ4v) is 2.86. The lowest BCUT2D eigenvalue weighted by Crippen LogP contribution is -1.96. The largest absolute Gasteiger partial charge is 0.477 e. The van der Waals surface area contributed by atoms with E-state index >= 15 is 0 Å². The van der Waals surface area contributed by atoms with Crippen LogP contribution in [0.4, 0.5) is 0 Å². The number of hydrogen-bond acceptors (Lipinski definition) is 4. The maximum absolute atomic E-state index is 10.6. The Morgan fingerprint density at radius 2 is 2.00 bits per heavy atom. The Balaban J connectivity index is 2.95. The molecule has 1 aromatic carbocycles. The minimum absolute atomic E-state index is 0.276. The Bertz CT molecular complexity index is 571. The van der Waals surface area contributed by atoms with Gasteiger partial charge in [-0.15, -0.1) is 23.5 Å². The molecular formula is C14H13NO2S2. The first-order valence-electron chi connectivity index (χ1n) is 5.36. The highest BCUT2D eigenvalue weighted by molar-refractivity contribution is 8.01. The lowest BCUT2D eigenvalue weighted by molar-refractivity contribution is -0.132. The Morgan fingerprint density at radius 1 is 1.32 bits per heavy atom. The molecule has 0 spiro atoms. The van der Waals surface area contributed by atoms with E-state index in [-0.39, 0.29) is 5.57 Å². The van der Waals surface area contributed by atoms with Gasteiger partial charge in [0, 0.05) is 9.79 Å². The highest BCUT2D eigenvalue weighted by Crippen LogP contribution is 2.29. The van der Waals surface area contributed by atoms with Crippen LogP contribution in [-0.4, -0.2) is 23.6 Å². The molecule has 0 heterocycles. The van der Waals surface area contributed by atoms with Crippen LogP contribution in [0.15, 0.2) is 45.7 Å². The lowest BCUT2D eigenvalue weighted by Gasteiger charge is -2.05. The second-order valence-corrected chi connectivity index (χ2v) is 5.17. The summed E-state index contributed by atoms with van der Waals surface area (Å²) in [5, 5.41) is 17.3. The van der Waals surface area contributed by atoms with Crippen LogP contribution < -0.4 is 0 Å². The monoisotopic (exact) mass is 291 g/mol. The lowest BCUT2D eigenvalue weighted by atomic mass is 10.2. The Morgan fingerprint density at radius 3 is 2.53 bits per heavy atom. The molecule has 5 heteroatoms. The summed E-state index contributed by atoms with van der Waals surface area (Å²) in [6.07, 6.45) is 8.69. The molecule has 1 rings (SSSR count). The fourth-order valence-electron chi connectivity index (χ4n) is 1.37. The summed E-state index contributed by atoms with van der Waals surface area (Å²) in [6.45, 7) is 0. The Hall–Kier alpha value is -1.64. The molecule has 98 valence electrons. The predicted octanol–water partition coefficient (Wildman–Crippen LogP) is 3.68. The summed E-state index contributed by atoms with van der Waals surface area (Å²) in [7, 11) is 0. The van der Waals surface area contributed by atoms with Crippen LogP contribution >= 0.6 is 23.5 Å². The molecule has 0 radical (unpaired) electrons. The summed E-state index contributed by atoms with van der Waals surface area (Å²) in [6, 6.07) is 7.66. The first-order valence-corrected chi connectivity index (χ1v) is 7.81. The van der Waals surface area contributed by atoms with Gasteiger partial charge in [-0.25, -0.2) is 4.79 Å². The van der Waals surface area contributed by atoms with E-state index < -0.39 is 5.97 Å². The van der Waals surface area contributed by atoms with Crippen molar-refractivity contribution in [3.05, 3.63) is 41.5 Å². The number of allylic oxidation sites excluding steroid dienone is 2. The van der Waals surface area contributed by atoms with E-state index in [0.29, 0.717) is 0 Å². The van der Waals surface area contributed by atoms with E-state index in [2.05, 4.69) is 0 Å². The van der Waals surface area contributed by atoms with Gasteiger partial charge in [0.25, 0.3) is 0 Å². The van der Waals surface area contributed by atoms with Gasteiger partial charge in [-0.1, -0.05) is 18.2 Å². The smallest absolute Gasteiger partial charge is 0.346 e. The number of carboxylic acids is 1. The molecule has 0 amide bonds. The molecule has 0 saturated heterocycles. The summed E-state index contributed by atoms with van der Waals surface area (Å²) in [5.41, 5.74) is 0.697. The van der Waals surface area contributed by atoms with Crippen molar-refractivity contribution in [1.29, 1.82) is 5.26 Å². The van der Waals surface area contributed by atoms with Crippen LogP contribution in [0.1, 0.15) is 5.56 Å². The molecular weight excluding hydrogens is 278 g/mol. The second kappa shape index (κ2) is 7.72. The summed E-state index contributed by atoms with van der Waals surface area (Å²) >= 11 is 3.35. The van der Waals surface area contributed by atoms with Crippen LogP contribution in [0.2, 0.25) is 0 Å². The number of carboxylic acid groups (broad SMARTS) is 1. The van der Waals surface area contributed by atoms with E-state index in [1.165, 1.54) is 15.9 Å². The van der Waals surface area contributed by atoms with Gasteiger partial charge in [-0.2, -0.15) is 5.26 Å². The molecule has 1 N–H and O–H groups in total. The van der Waals surface area contributed by atoms with E-state index in [1.54, 1.807) is 41.7 Å². The SMILES string of the molecule is CSc1ccc(/C=C/C=C(\C#N)C(=O)O)cc1SC. The maximum Gasteiger partial charge on any atom is 0.346 e. The van der Waals surface area contributed by atoms with Gasteiger partial charge in [0.05, 0.1) is 0 Å². The number of nitrogens with zero attached hydrogens (tertiary/aromatic N) is 1. The molecule has 1 aromatic rings. The quantitative estimate of drug-likeness (QED) is 0.388. The van der Waals surface area contributed by atoms with Crippen molar-refractivity contribution in [2.75, 3.05) is 12.5 Å². The van der Waals surface area contributed by atoms with Crippen molar-refractivity contribution in [2.45, 2.75) is 9.79 Å². The number of carbonyl (C=O) groups is 1. The van der Waals surface area contributed by atoms with Gasteiger partial charge >= 0.3 is 5.97 Å². The molecule has 19 heavy (non-hydrogen) atoms. The second-order valence-electron chi connectivity index (χ2n) is 3.47. The zero-order valence-corrected chi connectivity index (χ0v) is 12.2. The zero-order chi connectivity index (χ0) is 14.3. The Kier molecular flexibility index (Phi) is 6.26. The molecule has 0 unspecified atom stereocenters.